The number of halogens is 2. The van der Waals surface area contributed by atoms with Gasteiger partial charge in [0.05, 0.1) is 12.2 Å². The topological polar surface area (TPSA) is 52.1 Å². The van der Waals surface area contributed by atoms with Crippen molar-refractivity contribution in [3.05, 3.63) is 23.8 Å². The molecule has 0 aliphatic heterocycles. The fourth-order valence-corrected chi connectivity index (χ4v) is 0.891. The summed E-state index contributed by atoms with van der Waals surface area (Å²) in [4.78, 5) is 18.0. The molecular weight excluding hydrogens is 206 g/mol. The molecule has 1 aromatic rings. The zero-order valence-electron chi connectivity index (χ0n) is 7.90. The number of aromatic nitrogens is 2. The number of aldehydes is 1. The summed E-state index contributed by atoms with van der Waals surface area (Å²) in [5.74, 6) is 0.467. The lowest BCUT2D eigenvalue weighted by Crippen LogP contribution is -2.08. The maximum atomic E-state index is 11.7. The van der Waals surface area contributed by atoms with Gasteiger partial charge in [0.15, 0.2) is 6.29 Å². The van der Waals surface area contributed by atoms with Gasteiger partial charge in [-0.15, -0.1) is 0 Å². The molecular formula is C9H10F2N2O2. The number of carbonyl (C=O) groups is 1. The summed E-state index contributed by atoms with van der Waals surface area (Å²) in [6, 6.07) is 0. The van der Waals surface area contributed by atoms with E-state index in [1.165, 1.54) is 12.4 Å². The Hall–Kier alpha value is -1.43. The third-order valence-electron chi connectivity index (χ3n) is 1.58. The molecule has 0 aliphatic carbocycles. The Bertz CT molecular complexity index is 303. The summed E-state index contributed by atoms with van der Waals surface area (Å²) >= 11 is 0. The second-order valence-electron chi connectivity index (χ2n) is 2.77. The van der Waals surface area contributed by atoms with E-state index in [2.05, 4.69) is 14.7 Å². The van der Waals surface area contributed by atoms with Crippen LogP contribution in [0.1, 0.15) is 16.2 Å². The molecule has 0 saturated carbocycles. The molecule has 4 nitrogen and oxygen atoms in total. The zero-order valence-corrected chi connectivity index (χ0v) is 7.90. The van der Waals surface area contributed by atoms with E-state index in [9.17, 15) is 13.6 Å². The molecule has 6 heteroatoms. The number of hydrogen-bond acceptors (Lipinski definition) is 4. The first-order chi connectivity index (χ1) is 7.22. The molecule has 15 heavy (non-hydrogen) atoms. The minimum absolute atomic E-state index is 0.144. The third-order valence-corrected chi connectivity index (χ3v) is 1.58. The minimum Gasteiger partial charge on any atom is -0.375 e. The first-order valence-corrected chi connectivity index (χ1v) is 4.34. The molecule has 0 fully saturated rings. The van der Waals surface area contributed by atoms with Crippen LogP contribution in [0.15, 0.2) is 12.4 Å². The SMILES string of the molecule is O=Cc1cnc(CCOCC(F)F)nc1. The van der Waals surface area contributed by atoms with Crippen LogP contribution < -0.4 is 0 Å². The Kier molecular flexibility index (Phi) is 4.76. The average molecular weight is 216 g/mol. The molecule has 0 aromatic carbocycles. The number of hydrogen-bond donors (Lipinski definition) is 0. The Morgan fingerprint density at radius 2 is 2.07 bits per heavy atom. The fraction of sp³-hybridized carbons (Fsp3) is 0.444. The van der Waals surface area contributed by atoms with Crippen LogP contribution in [0.3, 0.4) is 0 Å². The first kappa shape index (κ1) is 11.6. The van der Waals surface area contributed by atoms with Gasteiger partial charge in [-0.1, -0.05) is 0 Å². The molecule has 0 saturated heterocycles. The molecule has 0 unspecified atom stereocenters. The van der Waals surface area contributed by atoms with E-state index in [1.807, 2.05) is 0 Å². The van der Waals surface area contributed by atoms with E-state index < -0.39 is 13.0 Å². The van der Waals surface area contributed by atoms with Crippen LogP contribution in [-0.4, -0.2) is 35.9 Å². The Morgan fingerprint density at radius 1 is 1.40 bits per heavy atom. The molecule has 0 bridgehead atoms. The largest absolute Gasteiger partial charge is 0.375 e. The first-order valence-electron chi connectivity index (χ1n) is 4.34. The predicted molar refractivity (Wildman–Crippen MR) is 47.9 cm³/mol. The summed E-state index contributed by atoms with van der Waals surface area (Å²) in [5.41, 5.74) is 0.382. The second-order valence-corrected chi connectivity index (χ2v) is 2.77. The van der Waals surface area contributed by atoms with Gasteiger partial charge in [0.1, 0.15) is 12.4 Å². The van der Waals surface area contributed by atoms with Crippen molar-refractivity contribution in [3.8, 4) is 0 Å². The van der Waals surface area contributed by atoms with Crippen LogP contribution >= 0.6 is 0 Å². The van der Waals surface area contributed by atoms with Gasteiger partial charge >= 0.3 is 0 Å². The summed E-state index contributed by atoms with van der Waals surface area (Å²) < 4.78 is 28.0. The van der Waals surface area contributed by atoms with Crippen LogP contribution in [0.5, 0.6) is 0 Å². The average Bonchev–Trinajstić information content (AvgIpc) is 2.25. The number of ether oxygens (including phenoxy) is 1. The van der Waals surface area contributed by atoms with Gasteiger partial charge < -0.3 is 4.74 Å². The lowest BCUT2D eigenvalue weighted by atomic mass is 10.3. The van der Waals surface area contributed by atoms with Crippen molar-refractivity contribution in [2.75, 3.05) is 13.2 Å². The van der Waals surface area contributed by atoms with Gasteiger partial charge in [-0.25, -0.2) is 18.7 Å². The summed E-state index contributed by atoms with van der Waals surface area (Å²) in [5, 5.41) is 0. The van der Waals surface area contributed by atoms with Gasteiger partial charge in [-0.3, -0.25) is 4.79 Å². The molecule has 0 amide bonds. The third kappa shape index (κ3) is 4.55. The number of nitrogens with zero attached hydrogens (tertiary/aromatic N) is 2. The van der Waals surface area contributed by atoms with Crippen molar-refractivity contribution in [2.24, 2.45) is 0 Å². The Balaban J connectivity index is 2.28. The van der Waals surface area contributed by atoms with Gasteiger partial charge in [0.25, 0.3) is 6.43 Å². The van der Waals surface area contributed by atoms with Gasteiger partial charge in [-0.2, -0.15) is 0 Å². The van der Waals surface area contributed by atoms with E-state index in [4.69, 9.17) is 0 Å². The summed E-state index contributed by atoms with van der Waals surface area (Å²) in [6.45, 7) is -0.433. The molecule has 1 rings (SSSR count). The summed E-state index contributed by atoms with van der Waals surface area (Å²) in [7, 11) is 0. The second kappa shape index (κ2) is 6.13. The molecule has 0 radical (unpaired) electrons. The van der Waals surface area contributed by atoms with Crippen LogP contribution in [0, 0.1) is 0 Å². The Labute approximate surface area is 85.3 Å². The lowest BCUT2D eigenvalue weighted by molar-refractivity contribution is 0.0183. The van der Waals surface area contributed by atoms with Crippen molar-refractivity contribution < 1.29 is 18.3 Å². The van der Waals surface area contributed by atoms with Crippen molar-refractivity contribution in [1.82, 2.24) is 9.97 Å². The van der Waals surface area contributed by atoms with Crippen molar-refractivity contribution in [1.29, 1.82) is 0 Å². The van der Waals surface area contributed by atoms with Crippen molar-refractivity contribution in [2.45, 2.75) is 12.8 Å². The smallest absolute Gasteiger partial charge is 0.261 e. The van der Waals surface area contributed by atoms with Gasteiger partial charge in [-0.05, 0) is 0 Å². The van der Waals surface area contributed by atoms with Crippen LogP contribution in [0.4, 0.5) is 8.78 Å². The molecule has 0 N–H and O–H groups in total. The molecule has 1 aromatic heterocycles. The highest BCUT2D eigenvalue weighted by molar-refractivity contribution is 5.73. The number of carbonyl (C=O) groups excluding carboxylic acids is 1. The summed E-state index contributed by atoms with van der Waals surface area (Å²) in [6.07, 6.45) is 1.29. The van der Waals surface area contributed by atoms with E-state index in [0.717, 1.165) is 0 Å². The van der Waals surface area contributed by atoms with E-state index in [0.29, 0.717) is 24.1 Å². The van der Waals surface area contributed by atoms with Gasteiger partial charge in [0.2, 0.25) is 0 Å². The van der Waals surface area contributed by atoms with E-state index in [-0.39, 0.29) is 6.61 Å². The Morgan fingerprint density at radius 3 is 2.60 bits per heavy atom. The highest BCUT2D eigenvalue weighted by Gasteiger charge is 2.02. The molecule has 0 spiro atoms. The van der Waals surface area contributed by atoms with Crippen molar-refractivity contribution in [3.63, 3.8) is 0 Å². The van der Waals surface area contributed by atoms with E-state index >= 15 is 0 Å². The zero-order chi connectivity index (χ0) is 11.1. The molecule has 82 valence electrons. The predicted octanol–water partition coefficient (Wildman–Crippen LogP) is 1.11. The van der Waals surface area contributed by atoms with Crippen LogP contribution in [0.2, 0.25) is 0 Å². The highest BCUT2D eigenvalue weighted by atomic mass is 19.3. The van der Waals surface area contributed by atoms with Crippen LogP contribution in [0.25, 0.3) is 0 Å². The highest BCUT2D eigenvalue weighted by Crippen LogP contribution is 1.96. The monoisotopic (exact) mass is 216 g/mol. The minimum atomic E-state index is -2.46. The normalized spacial score (nSPS) is 10.6. The van der Waals surface area contributed by atoms with E-state index in [1.54, 1.807) is 0 Å². The maximum absolute atomic E-state index is 11.7. The standard InChI is InChI=1S/C9H10F2N2O2/c10-8(11)6-15-2-1-9-12-3-7(5-14)4-13-9/h3-5,8H,1-2,6H2. The van der Waals surface area contributed by atoms with Crippen molar-refractivity contribution >= 4 is 6.29 Å². The maximum Gasteiger partial charge on any atom is 0.261 e. The van der Waals surface area contributed by atoms with Gasteiger partial charge in [0, 0.05) is 18.8 Å². The number of rotatable bonds is 6. The molecule has 1 heterocycles. The number of alkyl halides is 2. The fourth-order valence-electron chi connectivity index (χ4n) is 0.891. The molecule has 0 atom stereocenters. The molecule has 0 aliphatic rings. The lowest BCUT2D eigenvalue weighted by Gasteiger charge is -2.02. The quantitative estimate of drug-likeness (QED) is 0.528. The van der Waals surface area contributed by atoms with Crippen LogP contribution in [-0.2, 0) is 11.2 Å².